The fraction of sp³-hybridized carbons (Fsp3) is 0.0588. The first-order chi connectivity index (χ1) is 11.9. The predicted molar refractivity (Wildman–Crippen MR) is 91.0 cm³/mol. The average molecular weight is 354 g/mol. The number of nitriles is 1. The second-order valence-electron chi connectivity index (χ2n) is 5.32. The molecule has 1 aromatic heterocycles. The molecule has 2 aromatic carbocycles. The van der Waals surface area contributed by atoms with Crippen LogP contribution in [0.4, 0.5) is 0 Å². The SMILES string of the molecule is N#Cc1ccc(-c2cc(CO)nn2-c2ccc(S(N)(=O)=O)cc2)cc1. The van der Waals surface area contributed by atoms with Gasteiger partial charge < -0.3 is 5.11 Å². The Morgan fingerprint density at radius 3 is 2.28 bits per heavy atom. The van der Waals surface area contributed by atoms with Crippen LogP contribution in [0.1, 0.15) is 11.3 Å². The first kappa shape index (κ1) is 16.9. The zero-order chi connectivity index (χ0) is 18.0. The Labute approximate surface area is 144 Å². The van der Waals surface area contributed by atoms with Crippen LogP contribution in [-0.4, -0.2) is 23.3 Å². The normalized spacial score (nSPS) is 11.2. The van der Waals surface area contributed by atoms with E-state index in [4.69, 9.17) is 10.4 Å². The minimum atomic E-state index is -3.77. The number of sulfonamides is 1. The highest BCUT2D eigenvalue weighted by atomic mass is 32.2. The summed E-state index contributed by atoms with van der Waals surface area (Å²) in [5.41, 5.74) is 3.13. The smallest absolute Gasteiger partial charge is 0.238 e. The van der Waals surface area contributed by atoms with Gasteiger partial charge in [-0.1, -0.05) is 12.1 Å². The molecule has 0 aliphatic carbocycles. The van der Waals surface area contributed by atoms with E-state index >= 15 is 0 Å². The summed E-state index contributed by atoms with van der Waals surface area (Å²) in [6.07, 6.45) is 0. The third kappa shape index (κ3) is 3.44. The molecule has 0 aliphatic heterocycles. The van der Waals surface area contributed by atoms with Gasteiger partial charge in [0.2, 0.25) is 10.0 Å². The van der Waals surface area contributed by atoms with Crippen molar-refractivity contribution in [3.05, 3.63) is 65.9 Å². The minimum absolute atomic E-state index is 0.00529. The Bertz CT molecular complexity index is 1050. The van der Waals surface area contributed by atoms with Crippen molar-refractivity contribution in [2.45, 2.75) is 11.5 Å². The van der Waals surface area contributed by atoms with Crippen LogP contribution < -0.4 is 5.14 Å². The molecular weight excluding hydrogens is 340 g/mol. The molecule has 0 saturated heterocycles. The summed E-state index contributed by atoms with van der Waals surface area (Å²) in [5, 5.41) is 27.7. The first-order valence-electron chi connectivity index (χ1n) is 7.26. The Morgan fingerprint density at radius 1 is 1.12 bits per heavy atom. The van der Waals surface area contributed by atoms with Crippen LogP contribution in [-0.2, 0) is 16.6 Å². The van der Waals surface area contributed by atoms with Crippen molar-refractivity contribution >= 4 is 10.0 Å². The van der Waals surface area contributed by atoms with Crippen molar-refractivity contribution in [3.8, 4) is 23.0 Å². The van der Waals surface area contributed by atoms with Gasteiger partial charge in [-0.2, -0.15) is 10.4 Å². The monoisotopic (exact) mass is 354 g/mol. The van der Waals surface area contributed by atoms with Gasteiger partial charge in [-0.15, -0.1) is 0 Å². The molecule has 3 aromatic rings. The van der Waals surface area contributed by atoms with Crippen LogP contribution >= 0.6 is 0 Å². The number of aliphatic hydroxyl groups is 1. The molecule has 8 heteroatoms. The molecule has 0 spiro atoms. The second kappa shape index (κ2) is 6.49. The van der Waals surface area contributed by atoms with Crippen LogP contribution in [0.15, 0.2) is 59.5 Å². The van der Waals surface area contributed by atoms with Gasteiger partial charge in [0.15, 0.2) is 0 Å². The molecule has 126 valence electrons. The van der Waals surface area contributed by atoms with Crippen LogP contribution in [0.25, 0.3) is 16.9 Å². The maximum atomic E-state index is 11.4. The highest BCUT2D eigenvalue weighted by Gasteiger charge is 2.13. The van der Waals surface area contributed by atoms with E-state index < -0.39 is 10.0 Å². The molecule has 1 heterocycles. The molecular formula is C17H14N4O3S. The van der Waals surface area contributed by atoms with E-state index in [-0.39, 0.29) is 11.5 Å². The third-order valence-corrected chi connectivity index (χ3v) is 4.57. The lowest BCUT2D eigenvalue weighted by atomic mass is 10.1. The summed E-state index contributed by atoms with van der Waals surface area (Å²) < 4.78 is 24.3. The molecule has 0 saturated carbocycles. The summed E-state index contributed by atoms with van der Waals surface area (Å²) in [7, 11) is -3.77. The average Bonchev–Trinajstić information content (AvgIpc) is 3.05. The second-order valence-corrected chi connectivity index (χ2v) is 6.88. The molecule has 0 atom stereocenters. The molecule has 7 nitrogen and oxygen atoms in total. The van der Waals surface area contributed by atoms with E-state index in [1.54, 1.807) is 47.1 Å². The molecule has 25 heavy (non-hydrogen) atoms. The number of nitrogens with two attached hydrogens (primary N) is 1. The van der Waals surface area contributed by atoms with Gasteiger partial charge in [-0.3, -0.25) is 0 Å². The molecule has 0 bridgehead atoms. The molecule has 0 amide bonds. The molecule has 3 rings (SSSR count). The van der Waals surface area contributed by atoms with E-state index in [0.29, 0.717) is 22.6 Å². The number of primary sulfonamides is 1. The predicted octanol–water partition coefficient (Wildman–Crippen LogP) is 1.55. The van der Waals surface area contributed by atoms with Gasteiger partial charge >= 0.3 is 0 Å². The van der Waals surface area contributed by atoms with Crippen LogP contribution in [0.2, 0.25) is 0 Å². The van der Waals surface area contributed by atoms with Crippen LogP contribution in [0, 0.1) is 11.3 Å². The Balaban J connectivity index is 2.09. The lowest BCUT2D eigenvalue weighted by molar-refractivity contribution is 0.276. The van der Waals surface area contributed by atoms with Gasteiger partial charge in [0.25, 0.3) is 0 Å². The quantitative estimate of drug-likeness (QED) is 0.736. The Kier molecular flexibility index (Phi) is 4.37. The molecule has 0 radical (unpaired) electrons. The lowest BCUT2D eigenvalue weighted by Gasteiger charge is -2.08. The summed E-state index contributed by atoms with van der Waals surface area (Å²) in [6.45, 7) is -0.231. The summed E-state index contributed by atoms with van der Waals surface area (Å²) >= 11 is 0. The first-order valence-corrected chi connectivity index (χ1v) is 8.80. The van der Waals surface area contributed by atoms with E-state index in [2.05, 4.69) is 11.2 Å². The van der Waals surface area contributed by atoms with Gasteiger partial charge in [0, 0.05) is 5.56 Å². The van der Waals surface area contributed by atoms with E-state index in [1.165, 1.54) is 12.1 Å². The zero-order valence-corrected chi connectivity index (χ0v) is 13.8. The maximum Gasteiger partial charge on any atom is 0.238 e. The maximum absolute atomic E-state index is 11.4. The largest absolute Gasteiger partial charge is 0.390 e. The summed E-state index contributed by atoms with van der Waals surface area (Å²) in [6, 6.07) is 16.7. The summed E-state index contributed by atoms with van der Waals surface area (Å²) in [4.78, 5) is 0.00529. The third-order valence-electron chi connectivity index (χ3n) is 3.64. The zero-order valence-electron chi connectivity index (χ0n) is 13.0. The van der Waals surface area contributed by atoms with Crippen molar-refractivity contribution in [3.63, 3.8) is 0 Å². The fourth-order valence-corrected chi connectivity index (χ4v) is 2.92. The number of hydrogen-bond acceptors (Lipinski definition) is 5. The number of hydrogen-bond donors (Lipinski definition) is 2. The molecule has 0 fully saturated rings. The number of nitrogens with zero attached hydrogens (tertiary/aromatic N) is 3. The number of rotatable bonds is 4. The van der Waals surface area contributed by atoms with E-state index in [1.807, 2.05) is 0 Å². The topological polar surface area (TPSA) is 122 Å². The molecule has 3 N–H and O–H groups in total. The van der Waals surface area contributed by atoms with Gasteiger partial charge in [-0.25, -0.2) is 18.2 Å². The van der Waals surface area contributed by atoms with Crippen LogP contribution in [0.3, 0.4) is 0 Å². The highest BCUT2D eigenvalue weighted by molar-refractivity contribution is 7.89. The summed E-state index contributed by atoms with van der Waals surface area (Å²) in [5.74, 6) is 0. The highest BCUT2D eigenvalue weighted by Crippen LogP contribution is 2.25. The van der Waals surface area contributed by atoms with Crippen molar-refractivity contribution in [2.24, 2.45) is 5.14 Å². The van der Waals surface area contributed by atoms with Crippen molar-refractivity contribution in [1.82, 2.24) is 9.78 Å². The fourth-order valence-electron chi connectivity index (χ4n) is 2.40. The van der Waals surface area contributed by atoms with Crippen molar-refractivity contribution < 1.29 is 13.5 Å². The number of aromatic nitrogens is 2. The Morgan fingerprint density at radius 2 is 1.76 bits per heavy atom. The minimum Gasteiger partial charge on any atom is -0.390 e. The van der Waals surface area contributed by atoms with Crippen molar-refractivity contribution in [2.75, 3.05) is 0 Å². The molecule has 0 unspecified atom stereocenters. The van der Waals surface area contributed by atoms with Gasteiger partial charge in [-0.05, 0) is 42.5 Å². The Hall–Kier alpha value is -2.99. The molecule has 0 aliphatic rings. The van der Waals surface area contributed by atoms with Gasteiger partial charge in [0.05, 0.1) is 40.2 Å². The van der Waals surface area contributed by atoms with Crippen molar-refractivity contribution in [1.29, 1.82) is 5.26 Å². The number of benzene rings is 2. The standard InChI is InChI=1S/C17H14N4O3S/c18-10-12-1-3-13(4-2-12)17-9-14(11-22)20-21(17)15-5-7-16(8-6-15)25(19,23)24/h1-9,22H,11H2,(H2,19,23,24). The van der Waals surface area contributed by atoms with E-state index in [0.717, 1.165) is 5.56 Å². The lowest BCUT2D eigenvalue weighted by Crippen LogP contribution is -2.12. The number of aliphatic hydroxyl groups excluding tert-OH is 1. The van der Waals surface area contributed by atoms with Gasteiger partial charge in [0.1, 0.15) is 0 Å². The van der Waals surface area contributed by atoms with E-state index in [9.17, 15) is 13.5 Å². The van der Waals surface area contributed by atoms with Crippen LogP contribution in [0.5, 0.6) is 0 Å².